The summed E-state index contributed by atoms with van der Waals surface area (Å²) >= 11 is 0. The minimum absolute atomic E-state index is 0.0324. The zero-order valence-electron chi connectivity index (χ0n) is 18.5. The molecule has 2 N–H and O–H groups in total. The Bertz CT molecular complexity index is 954. The first kappa shape index (κ1) is 21.8. The van der Waals surface area contributed by atoms with Gasteiger partial charge >= 0.3 is 0 Å². The second kappa shape index (κ2) is 10.7. The van der Waals surface area contributed by atoms with E-state index in [0.717, 1.165) is 54.9 Å². The summed E-state index contributed by atoms with van der Waals surface area (Å²) in [6, 6.07) is 18.8. The maximum atomic E-state index is 6.65. The molecule has 1 aliphatic rings. The van der Waals surface area contributed by atoms with Gasteiger partial charge in [0.1, 0.15) is 5.75 Å². The molecule has 31 heavy (non-hydrogen) atoms. The molecule has 3 aromatic rings. The Labute approximate surface area is 185 Å². The number of hydrogen-bond acceptors (Lipinski definition) is 5. The Morgan fingerprint density at radius 1 is 0.968 bits per heavy atom. The van der Waals surface area contributed by atoms with Crippen molar-refractivity contribution in [2.75, 3.05) is 46.4 Å². The molecule has 2 heterocycles. The van der Waals surface area contributed by atoms with Crippen molar-refractivity contribution in [1.29, 1.82) is 0 Å². The van der Waals surface area contributed by atoms with Crippen LogP contribution in [0.5, 0.6) is 5.75 Å². The van der Waals surface area contributed by atoms with Crippen LogP contribution in [0, 0.1) is 0 Å². The van der Waals surface area contributed by atoms with Crippen molar-refractivity contribution in [3.8, 4) is 5.75 Å². The molecule has 0 radical (unpaired) electrons. The van der Waals surface area contributed by atoms with Gasteiger partial charge < -0.3 is 15.4 Å². The standard InChI is InChI=1S/C26H34N4O/c1-31-22-10-11-26-24(19-22)23(12-13-28-26)25(27)20-30-17-15-29(16-18-30)14-6-5-9-21-7-3-2-4-8-21/h2-4,7-8,10-13,19,25H,5-6,9,14-18,20,27H2,1H3/t25-/m1/s1. The zero-order chi connectivity index (χ0) is 21.5. The molecule has 0 spiro atoms. The molecule has 1 atom stereocenters. The van der Waals surface area contributed by atoms with Crippen molar-refractivity contribution in [3.05, 3.63) is 71.9 Å². The first-order chi connectivity index (χ1) is 15.2. The van der Waals surface area contributed by atoms with E-state index in [1.54, 1.807) is 7.11 Å². The van der Waals surface area contributed by atoms with E-state index in [2.05, 4.69) is 51.2 Å². The number of nitrogens with zero attached hydrogens (tertiary/aromatic N) is 3. The fourth-order valence-electron chi connectivity index (χ4n) is 4.48. The molecule has 1 aromatic heterocycles. The van der Waals surface area contributed by atoms with E-state index in [9.17, 15) is 0 Å². The Hall–Kier alpha value is -2.47. The molecule has 0 amide bonds. The van der Waals surface area contributed by atoms with Crippen molar-refractivity contribution in [3.63, 3.8) is 0 Å². The second-order valence-corrected chi connectivity index (χ2v) is 8.47. The van der Waals surface area contributed by atoms with E-state index in [0.29, 0.717) is 0 Å². The molecule has 1 aliphatic heterocycles. The lowest BCUT2D eigenvalue weighted by molar-refractivity contribution is 0.126. The Morgan fingerprint density at radius 3 is 2.52 bits per heavy atom. The fraction of sp³-hybridized carbons (Fsp3) is 0.423. The van der Waals surface area contributed by atoms with Crippen LogP contribution in [0.25, 0.3) is 10.9 Å². The lowest BCUT2D eigenvalue weighted by Crippen LogP contribution is -2.48. The highest BCUT2D eigenvalue weighted by molar-refractivity contribution is 5.84. The summed E-state index contributed by atoms with van der Waals surface area (Å²) in [6.45, 7) is 6.49. The molecule has 0 aliphatic carbocycles. The van der Waals surface area contributed by atoms with Gasteiger partial charge in [0.05, 0.1) is 12.6 Å². The van der Waals surface area contributed by atoms with Crippen molar-refractivity contribution in [2.24, 2.45) is 5.73 Å². The molecule has 4 rings (SSSR count). The molecule has 1 fully saturated rings. The van der Waals surface area contributed by atoms with Gasteiger partial charge in [0.15, 0.2) is 0 Å². The lowest BCUT2D eigenvalue weighted by atomic mass is 10.0. The topological polar surface area (TPSA) is 54.6 Å². The monoisotopic (exact) mass is 418 g/mol. The van der Waals surface area contributed by atoms with E-state index in [4.69, 9.17) is 10.5 Å². The van der Waals surface area contributed by atoms with Crippen molar-refractivity contribution in [1.82, 2.24) is 14.8 Å². The van der Waals surface area contributed by atoms with Gasteiger partial charge in [-0.1, -0.05) is 30.3 Å². The van der Waals surface area contributed by atoms with Crippen LogP contribution in [0.4, 0.5) is 0 Å². The highest BCUT2D eigenvalue weighted by Gasteiger charge is 2.20. The number of piperazine rings is 1. The number of rotatable bonds is 9. The summed E-state index contributed by atoms with van der Waals surface area (Å²) in [6.07, 6.45) is 5.56. The van der Waals surface area contributed by atoms with Crippen LogP contribution in [0.15, 0.2) is 60.8 Å². The van der Waals surface area contributed by atoms with E-state index < -0.39 is 0 Å². The van der Waals surface area contributed by atoms with Crippen LogP contribution in [0.3, 0.4) is 0 Å². The number of unbranched alkanes of at least 4 members (excludes halogenated alkanes) is 1. The van der Waals surface area contributed by atoms with Gasteiger partial charge in [-0.15, -0.1) is 0 Å². The maximum absolute atomic E-state index is 6.65. The minimum Gasteiger partial charge on any atom is -0.497 e. The molecule has 0 unspecified atom stereocenters. The Balaban J connectivity index is 1.24. The van der Waals surface area contributed by atoms with Crippen molar-refractivity contribution in [2.45, 2.75) is 25.3 Å². The lowest BCUT2D eigenvalue weighted by Gasteiger charge is -2.36. The van der Waals surface area contributed by atoms with Crippen LogP contribution in [0.1, 0.15) is 30.0 Å². The smallest absolute Gasteiger partial charge is 0.119 e. The first-order valence-electron chi connectivity index (χ1n) is 11.4. The molecule has 5 nitrogen and oxygen atoms in total. The number of benzene rings is 2. The van der Waals surface area contributed by atoms with Crippen LogP contribution >= 0.6 is 0 Å². The number of aryl methyl sites for hydroxylation is 1. The van der Waals surface area contributed by atoms with Gasteiger partial charge in [0.25, 0.3) is 0 Å². The molecule has 2 aromatic carbocycles. The Morgan fingerprint density at radius 2 is 1.74 bits per heavy atom. The number of nitrogens with two attached hydrogens (primary N) is 1. The van der Waals surface area contributed by atoms with Gasteiger partial charge in [-0.2, -0.15) is 0 Å². The molecule has 5 heteroatoms. The summed E-state index contributed by atoms with van der Waals surface area (Å²) in [4.78, 5) is 9.57. The molecule has 0 saturated carbocycles. The second-order valence-electron chi connectivity index (χ2n) is 8.47. The van der Waals surface area contributed by atoms with Crippen LogP contribution in [-0.4, -0.2) is 61.2 Å². The van der Waals surface area contributed by atoms with Crippen LogP contribution in [-0.2, 0) is 6.42 Å². The molecule has 164 valence electrons. The minimum atomic E-state index is -0.0324. The van der Waals surface area contributed by atoms with Gasteiger partial charge in [-0.3, -0.25) is 9.88 Å². The molecular weight excluding hydrogens is 384 g/mol. The van der Waals surface area contributed by atoms with Gasteiger partial charge in [-0.25, -0.2) is 0 Å². The number of hydrogen-bond donors (Lipinski definition) is 1. The van der Waals surface area contributed by atoms with Crippen molar-refractivity contribution >= 4 is 10.9 Å². The van der Waals surface area contributed by atoms with Crippen LogP contribution in [0.2, 0.25) is 0 Å². The molecular formula is C26H34N4O. The maximum Gasteiger partial charge on any atom is 0.119 e. The quantitative estimate of drug-likeness (QED) is 0.535. The van der Waals surface area contributed by atoms with Gasteiger partial charge in [0, 0.05) is 50.3 Å². The molecule has 1 saturated heterocycles. The van der Waals surface area contributed by atoms with Crippen LogP contribution < -0.4 is 10.5 Å². The third kappa shape index (κ3) is 5.82. The van der Waals surface area contributed by atoms with E-state index in [1.807, 2.05) is 24.4 Å². The molecule has 0 bridgehead atoms. The SMILES string of the molecule is COc1ccc2nccc([C@H](N)CN3CCN(CCCCc4ccccc4)CC3)c2c1. The fourth-order valence-corrected chi connectivity index (χ4v) is 4.48. The van der Waals surface area contributed by atoms with Crippen molar-refractivity contribution < 1.29 is 4.74 Å². The van der Waals surface area contributed by atoms with Gasteiger partial charge in [0.2, 0.25) is 0 Å². The summed E-state index contributed by atoms with van der Waals surface area (Å²) in [5, 5.41) is 1.09. The van der Waals surface area contributed by atoms with Gasteiger partial charge in [-0.05, 0) is 61.2 Å². The number of fused-ring (bicyclic) bond motifs is 1. The Kier molecular flexibility index (Phi) is 7.52. The average molecular weight is 419 g/mol. The first-order valence-corrected chi connectivity index (χ1v) is 11.4. The largest absolute Gasteiger partial charge is 0.497 e. The predicted octanol–water partition coefficient (Wildman–Crippen LogP) is 3.88. The summed E-state index contributed by atoms with van der Waals surface area (Å²) in [5.74, 6) is 0.842. The highest BCUT2D eigenvalue weighted by Crippen LogP contribution is 2.26. The highest BCUT2D eigenvalue weighted by atomic mass is 16.5. The normalized spacial score (nSPS) is 16.5. The average Bonchev–Trinajstić information content (AvgIpc) is 2.82. The summed E-state index contributed by atoms with van der Waals surface area (Å²) < 4.78 is 5.40. The van der Waals surface area contributed by atoms with E-state index >= 15 is 0 Å². The number of methoxy groups -OCH3 is 1. The third-order valence-electron chi connectivity index (χ3n) is 6.33. The number of aromatic nitrogens is 1. The number of pyridine rings is 1. The predicted molar refractivity (Wildman–Crippen MR) is 127 cm³/mol. The summed E-state index contributed by atoms with van der Waals surface area (Å²) in [5.41, 5.74) is 10.2. The summed E-state index contributed by atoms with van der Waals surface area (Å²) in [7, 11) is 1.69. The number of ether oxygens (including phenoxy) is 1. The zero-order valence-corrected chi connectivity index (χ0v) is 18.5. The van der Waals surface area contributed by atoms with E-state index in [1.165, 1.54) is 31.4 Å². The third-order valence-corrected chi connectivity index (χ3v) is 6.33. The van der Waals surface area contributed by atoms with E-state index in [-0.39, 0.29) is 6.04 Å².